The van der Waals surface area contributed by atoms with Crippen LogP contribution < -0.4 is 0 Å². The van der Waals surface area contributed by atoms with Gasteiger partial charge in [-0.05, 0) is 37.4 Å². The van der Waals surface area contributed by atoms with Crippen molar-refractivity contribution < 1.29 is 14.0 Å². The maximum absolute atomic E-state index is 11.3. The quantitative estimate of drug-likeness (QED) is 0.520. The van der Waals surface area contributed by atoms with Crippen LogP contribution >= 0.6 is 0 Å². The highest BCUT2D eigenvalue weighted by molar-refractivity contribution is 6.74. The van der Waals surface area contributed by atoms with Crippen LogP contribution in [0.1, 0.15) is 47.5 Å². The molecule has 0 heterocycles. The van der Waals surface area contributed by atoms with Crippen molar-refractivity contribution in [3.63, 3.8) is 0 Å². The number of hydrogen-bond donors (Lipinski definition) is 0. The van der Waals surface area contributed by atoms with E-state index in [9.17, 15) is 4.79 Å². The number of esters is 1. The minimum atomic E-state index is -1.66. The van der Waals surface area contributed by atoms with Crippen molar-refractivity contribution in [2.24, 2.45) is 5.92 Å². The molecule has 0 N–H and O–H groups in total. The van der Waals surface area contributed by atoms with E-state index in [0.717, 1.165) is 13.0 Å². The number of rotatable bonds is 7. The summed E-state index contributed by atoms with van der Waals surface area (Å²) in [5.41, 5.74) is 0. The lowest BCUT2D eigenvalue weighted by Crippen LogP contribution is -2.41. The van der Waals surface area contributed by atoms with Crippen LogP contribution in [0.15, 0.2) is 0 Å². The SMILES string of the molecule is CCOC(=O)CC[C@@H](C)CO[Si](C)(C)C(C)(C)C. The van der Waals surface area contributed by atoms with Crippen LogP contribution in [0, 0.1) is 5.92 Å². The Balaban J connectivity index is 3.97. The lowest BCUT2D eigenvalue weighted by atomic mass is 10.1. The number of carbonyl (C=O) groups excluding carboxylic acids is 1. The predicted molar refractivity (Wildman–Crippen MR) is 78.2 cm³/mol. The number of ether oxygens (including phenoxy) is 1. The van der Waals surface area contributed by atoms with E-state index in [1.165, 1.54) is 0 Å². The first-order chi connectivity index (χ1) is 8.10. The van der Waals surface area contributed by atoms with Crippen molar-refractivity contribution in [2.75, 3.05) is 13.2 Å². The Morgan fingerprint density at radius 1 is 1.28 bits per heavy atom. The second-order valence-electron chi connectivity index (χ2n) is 6.52. The smallest absolute Gasteiger partial charge is 0.305 e. The Morgan fingerprint density at radius 3 is 2.28 bits per heavy atom. The summed E-state index contributed by atoms with van der Waals surface area (Å²) in [6.07, 6.45) is 1.34. The highest BCUT2D eigenvalue weighted by atomic mass is 28.4. The fraction of sp³-hybridized carbons (Fsp3) is 0.929. The van der Waals surface area contributed by atoms with Gasteiger partial charge in [0.05, 0.1) is 6.61 Å². The van der Waals surface area contributed by atoms with E-state index in [0.29, 0.717) is 18.9 Å². The van der Waals surface area contributed by atoms with Crippen molar-refractivity contribution in [1.29, 1.82) is 0 Å². The third-order valence-electron chi connectivity index (χ3n) is 3.68. The molecule has 0 aliphatic carbocycles. The van der Waals surface area contributed by atoms with Gasteiger partial charge in [-0.25, -0.2) is 0 Å². The molecule has 0 amide bonds. The Kier molecular flexibility index (Phi) is 7.15. The standard InChI is InChI=1S/C14H30O3Si/c1-8-16-13(15)10-9-12(2)11-17-18(6,7)14(3,4)5/h12H,8-11H2,1-7H3/t12-/m1/s1. The maximum Gasteiger partial charge on any atom is 0.305 e. The van der Waals surface area contributed by atoms with Gasteiger partial charge >= 0.3 is 5.97 Å². The molecule has 18 heavy (non-hydrogen) atoms. The zero-order valence-corrected chi connectivity index (χ0v) is 14.1. The second kappa shape index (κ2) is 7.29. The third-order valence-corrected chi connectivity index (χ3v) is 8.18. The van der Waals surface area contributed by atoms with Crippen molar-refractivity contribution in [2.45, 2.75) is 65.6 Å². The van der Waals surface area contributed by atoms with Crippen molar-refractivity contribution in [1.82, 2.24) is 0 Å². The van der Waals surface area contributed by atoms with Crippen LogP contribution in [0.5, 0.6) is 0 Å². The molecular weight excluding hydrogens is 244 g/mol. The molecule has 0 aromatic heterocycles. The van der Waals surface area contributed by atoms with Gasteiger partial charge < -0.3 is 9.16 Å². The molecule has 0 saturated carbocycles. The van der Waals surface area contributed by atoms with Crippen molar-refractivity contribution >= 4 is 14.3 Å². The topological polar surface area (TPSA) is 35.5 Å². The first-order valence-corrected chi connectivity index (χ1v) is 9.80. The van der Waals surface area contributed by atoms with Gasteiger partial charge in [0.15, 0.2) is 8.32 Å². The molecule has 0 fully saturated rings. The average molecular weight is 274 g/mol. The first kappa shape index (κ1) is 17.6. The second-order valence-corrected chi connectivity index (χ2v) is 11.3. The molecule has 0 aliphatic heterocycles. The van der Waals surface area contributed by atoms with Gasteiger partial charge in [-0.1, -0.05) is 27.7 Å². The molecule has 1 atom stereocenters. The molecule has 0 radical (unpaired) electrons. The summed E-state index contributed by atoms with van der Waals surface area (Å²) in [5.74, 6) is 0.306. The fourth-order valence-corrected chi connectivity index (χ4v) is 2.38. The van der Waals surface area contributed by atoms with E-state index in [1.807, 2.05) is 6.92 Å². The third kappa shape index (κ3) is 6.54. The van der Waals surface area contributed by atoms with E-state index < -0.39 is 8.32 Å². The number of hydrogen-bond acceptors (Lipinski definition) is 3. The van der Waals surface area contributed by atoms with Gasteiger partial charge in [-0.3, -0.25) is 4.79 Å². The van der Waals surface area contributed by atoms with E-state index in [1.54, 1.807) is 0 Å². The van der Waals surface area contributed by atoms with Crippen LogP contribution in [0.4, 0.5) is 0 Å². The normalized spacial score (nSPS) is 14.4. The van der Waals surface area contributed by atoms with E-state index >= 15 is 0 Å². The Labute approximate surface area is 113 Å². The summed E-state index contributed by atoms with van der Waals surface area (Å²) in [7, 11) is -1.66. The summed E-state index contributed by atoms with van der Waals surface area (Å²) < 4.78 is 11.1. The molecule has 4 heteroatoms. The number of carbonyl (C=O) groups is 1. The van der Waals surface area contributed by atoms with Crippen LogP contribution in [-0.2, 0) is 14.0 Å². The van der Waals surface area contributed by atoms with Crippen molar-refractivity contribution in [3.8, 4) is 0 Å². The fourth-order valence-electron chi connectivity index (χ4n) is 1.25. The summed E-state index contributed by atoms with van der Waals surface area (Å²) in [6, 6.07) is 0. The molecule has 0 bridgehead atoms. The van der Waals surface area contributed by atoms with Gasteiger partial charge in [-0.2, -0.15) is 0 Å². The van der Waals surface area contributed by atoms with E-state index in [2.05, 4.69) is 40.8 Å². The predicted octanol–water partition coefficient (Wildman–Crippen LogP) is 3.99. The zero-order chi connectivity index (χ0) is 14.4. The van der Waals surface area contributed by atoms with Gasteiger partial charge in [0, 0.05) is 13.0 Å². The van der Waals surface area contributed by atoms with Crippen LogP contribution in [0.2, 0.25) is 18.1 Å². The minimum Gasteiger partial charge on any atom is -0.466 e. The Hall–Kier alpha value is -0.353. The molecular formula is C14H30O3Si. The van der Waals surface area contributed by atoms with E-state index in [-0.39, 0.29) is 11.0 Å². The van der Waals surface area contributed by atoms with Gasteiger partial charge in [0.1, 0.15) is 0 Å². The zero-order valence-electron chi connectivity index (χ0n) is 13.1. The van der Waals surface area contributed by atoms with Crippen LogP contribution in [0.3, 0.4) is 0 Å². The lowest BCUT2D eigenvalue weighted by molar-refractivity contribution is -0.143. The molecule has 0 aliphatic rings. The minimum absolute atomic E-state index is 0.100. The van der Waals surface area contributed by atoms with E-state index in [4.69, 9.17) is 9.16 Å². The molecule has 0 spiro atoms. The molecule has 108 valence electrons. The van der Waals surface area contributed by atoms with Crippen LogP contribution in [0.25, 0.3) is 0 Å². The van der Waals surface area contributed by atoms with Crippen LogP contribution in [-0.4, -0.2) is 27.5 Å². The molecule has 0 saturated heterocycles. The largest absolute Gasteiger partial charge is 0.466 e. The molecule has 0 rings (SSSR count). The summed E-state index contributed by atoms with van der Waals surface area (Å²) in [5, 5.41) is 0.244. The molecule has 0 unspecified atom stereocenters. The van der Waals surface area contributed by atoms with Gasteiger partial charge in [0.2, 0.25) is 0 Å². The first-order valence-electron chi connectivity index (χ1n) is 6.89. The monoisotopic (exact) mass is 274 g/mol. The highest BCUT2D eigenvalue weighted by Crippen LogP contribution is 2.36. The molecule has 3 nitrogen and oxygen atoms in total. The Bertz CT molecular complexity index is 256. The van der Waals surface area contributed by atoms with Gasteiger partial charge in [0.25, 0.3) is 0 Å². The van der Waals surface area contributed by atoms with Gasteiger partial charge in [-0.15, -0.1) is 0 Å². The summed E-state index contributed by atoms with van der Waals surface area (Å²) in [4.78, 5) is 11.3. The molecule has 0 aromatic carbocycles. The summed E-state index contributed by atoms with van der Waals surface area (Å²) in [6.45, 7) is 16.4. The highest BCUT2D eigenvalue weighted by Gasteiger charge is 2.37. The lowest BCUT2D eigenvalue weighted by Gasteiger charge is -2.37. The summed E-state index contributed by atoms with van der Waals surface area (Å²) >= 11 is 0. The van der Waals surface area contributed by atoms with Crippen molar-refractivity contribution in [3.05, 3.63) is 0 Å². The maximum atomic E-state index is 11.3. The average Bonchev–Trinajstić information content (AvgIpc) is 2.22. The molecule has 0 aromatic rings. The Morgan fingerprint density at radius 2 is 1.83 bits per heavy atom.